The fraction of sp³-hybridized carbons (Fsp3) is 0.355. The fourth-order valence-electron chi connectivity index (χ4n) is 4.36. The molecule has 0 spiro atoms. The average molecular weight is 581 g/mol. The minimum absolute atomic E-state index is 0.117. The number of para-hydroxylation sites is 1. The van der Waals surface area contributed by atoms with Gasteiger partial charge in [0.15, 0.2) is 0 Å². The van der Waals surface area contributed by atoms with Crippen molar-refractivity contribution in [3.63, 3.8) is 0 Å². The number of carboxylic acid groups (broad SMARTS) is 1. The topological polar surface area (TPSA) is 94.4 Å². The summed E-state index contributed by atoms with van der Waals surface area (Å²) >= 11 is 7.80. The largest absolute Gasteiger partial charge is 0.481 e. The van der Waals surface area contributed by atoms with Crippen LogP contribution < -0.4 is 10.2 Å². The molecule has 212 valence electrons. The third-order valence-corrected chi connectivity index (χ3v) is 7.46. The Morgan fingerprint density at radius 3 is 2.58 bits per heavy atom. The van der Waals surface area contributed by atoms with Crippen molar-refractivity contribution in [1.29, 1.82) is 0 Å². The van der Waals surface area contributed by atoms with Gasteiger partial charge in [0.05, 0.1) is 30.2 Å². The lowest BCUT2D eigenvalue weighted by atomic mass is 10.0. The summed E-state index contributed by atoms with van der Waals surface area (Å²) in [6.07, 6.45) is 9.52. The van der Waals surface area contributed by atoms with Gasteiger partial charge in [0.1, 0.15) is 0 Å². The normalized spacial score (nSPS) is 13.6. The van der Waals surface area contributed by atoms with E-state index < -0.39 is 5.97 Å². The summed E-state index contributed by atoms with van der Waals surface area (Å²) in [7, 11) is 0. The summed E-state index contributed by atoms with van der Waals surface area (Å²) in [6.45, 7) is 4.86. The molecule has 1 aliphatic heterocycles. The number of hydrogen-bond acceptors (Lipinski definition) is 6. The van der Waals surface area contributed by atoms with E-state index in [-0.39, 0.29) is 12.3 Å². The molecule has 1 aliphatic rings. The molecule has 7 nitrogen and oxygen atoms in total. The maximum atomic E-state index is 13.1. The van der Waals surface area contributed by atoms with Crippen LogP contribution in [0.5, 0.6) is 0 Å². The smallest absolute Gasteiger partial charge is 0.303 e. The number of likely N-dealkylation sites (N-methyl/N-ethyl adjacent to an activating group) is 1. The summed E-state index contributed by atoms with van der Waals surface area (Å²) < 4.78 is 0. The lowest BCUT2D eigenvalue weighted by Crippen LogP contribution is -2.35. The molecule has 0 radical (unpaired) electrons. The number of aliphatic carboxylic acids is 1. The zero-order valence-electron chi connectivity index (χ0n) is 23.1. The number of thioether (sulfide) groups is 1. The van der Waals surface area contributed by atoms with Gasteiger partial charge in [-0.05, 0) is 56.7 Å². The second kappa shape index (κ2) is 16.7. The third kappa shape index (κ3) is 9.68. The summed E-state index contributed by atoms with van der Waals surface area (Å²) in [5, 5.41) is 12.7. The van der Waals surface area contributed by atoms with Crippen LogP contribution in [0.3, 0.4) is 0 Å². The van der Waals surface area contributed by atoms with Crippen molar-refractivity contribution in [1.82, 2.24) is 5.32 Å². The molecule has 40 heavy (non-hydrogen) atoms. The Hall–Kier alpha value is -3.36. The Kier molecular flexibility index (Phi) is 13.0. The number of aliphatic imine (C=N–C) groups is 2. The number of anilines is 1. The summed E-state index contributed by atoms with van der Waals surface area (Å²) in [5.41, 5.74) is 4.19. The number of amides is 1. The number of nitrogens with zero attached hydrogens (tertiary/aromatic N) is 3. The first-order valence-corrected chi connectivity index (χ1v) is 15.1. The Morgan fingerprint density at radius 1 is 1.07 bits per heavy atom. The fourth-order valence-corrected chi connectivity index (χ4v) is 5.11. The Morgan fingerprint density at radius 2 is 1.85 bits per heavy atom. The van der Waals surface area contributed by atoms with E-state index in [0.717, 1.165) is 23.5 Å². The Balaban J connectivity index is 1.70. The SMILES string of the molecule is CCN(CCNC(=O)C1=CCN=C(CCCCC(=O)O)C(c2ccc(Cl)cc2)=NCC=C1)c1ccccc1SC. The number of halogens is 1. The van der Waals surface area contributed by atoms with E-state index in [1.807, 2.05) is 48.6 Å². The van der Waals surface area contributed by atoms with Gasteiger partial charge in [0, 0.05) is 47.1 Å². The molecule has 0 saturated heterocycles. The van der Waals surface area contributed by atoms with E-state index in [1.54, 1.807) is 17.8 Å². The van der Waals surface area contributed by atoms with Gasteiger partial charge >= 0.3 is 5.97 Å². The van der Waals surface area contributed by atoms with E-state index in [4.69, 9.17) is 26.7 Å². The van der Waals surface area contributed by atoms with Crippen LogP contribution in [0.2, 0.25) is 5.02 Å². The number of nitrogens with one attached hydrogen (secondary N) is 1. The molecule has 0 bridgehead atoms. The van der Waals surface area contributed by atoms with E-state index in [9.17, 15) is 9.59 Å². The maximum Gasteiger partial charge on any atom is 0.303 e. The van der Waals surface area contributed by atoms with Crippen LogP contribution in [0.1, 0.15) is 38.2 Å². The average Bonchev–Trinajstić information content (AvgIpc) is 2.96. The molecular formula is C31H37ClN4O3S. The molecule has 2 aromatic rings. The van der Waals surface area contributed by atoms with Gasteiger partial charge in [0.2, 0.25) is 0 Å². The predicted octanol–water partition coefficient (Wildman–Crippen LogP) is 6.08. The first kappa shape index (κ1) is 31.2. The van der Waals surface area contributed by atoms with Crippen LogP contribution >= 0.6 is 23.4 Å². The standard InChI is InChI=1S/C31H37ClN4O3S/c1-3-36(27-11-5-6-12-28(27)40-2)22-21-35-31(39)24-9-8-19-34-30(23-14-16-25(32)17-15-23)26(33-20-18-24)10-4-7-13-29(37)38/h5-6,8-9,11-12,14-18H,3-4,7,10,13,19-22H2,1-2H3,(H,35,39)(H,37,38). The predicted molar refractivity (Wildman–Crippen MR) is 168 cm³/mol. The van der Waals surface area contributed by atoms with Gasteiger partial charge in [-0.1, -0.05) is 54.1 Å². The number of hydrogen-bond donors (Lipinski definition) is 2. The minimum atomic E-state index is -0.807. The zero-order valence-corrected chi connectivity index (χ0v) is 24.7. The van der Waals surface area contributed by atoms with Crippen LogP contribution in [0, 0.1) is 0 Å². The summed E-state index contributed by atoms with van der Waals surface area (Å²) in [4.78, 5) is 37.1. The molecule has 0 aromatic heterocycles. The molecule has 0 atom stereocenters. The molecule has 0 unspecified atom stereocenters. The van der Waals surface area contributed by atoms with E-state index >= 15 is 0 Å². The van der Waals surface area contributed by atoms with Crippen molar-refractivity contribution in [2.45, 2.75) is 37.5 Å². The van der Waals surface area contributed by atoms with Gasteiger partial charge < -0.3 is 15.3 Å². The first-order valence-electron chi connectivity index (χ1n) is 13.5. The first-order chi connectivity index (χ1) is 19.4. The van der Waals surface area contributed by atoms with Gasteiger partial charge in [-0.25, -0.2) is 0 Å². The van der Waals surface area contributed by atoms with Gasteiger partial charge in [-0.3, -0.25) is 19.6 Å². The second-order valence-electron chi connectivity index (χ2n) is 9.15. The van der Waals surface area contributed by atoms with Gasteiger partial charge in [-0.2, -0.15) is 0 Å². The lowest BCUT2D eigenvalue weighted by Gasteiger charge is -2.25. The second-order valence-corrected chi connectivity index (χ2v) is 10.4. The highest BCUT2D eigenvalue weighted by molar-refractivity contribution is 7.98. The van der Waals surface area contributed by atoms with Crippen molar-refractivity contribution < 1.29 is 14.7 Å². The third-order valence-electron chi connectivity index (χ3n) is 6.43. The van der Waals surface area contributed by atoms with E-state index in [1.165, 1.54) is 10.6 Å². The van der Waals surface area contributed by atoms with Crippen LogP contribution in [-0.2, 0) is 9.59 Å². The quantitative estimate of drug-likeness (QED) is 0.221. The number of carboxylic acids is 1. The minimum Gasteiger partial charge on any atom is -0.481 e. The Labute approximate surface area is 246 Å². The van der Waals surface area contributed by atoms with Crippen molar-refractivity contribution >= 4 is 52.4 Å². The van der Waals surface area contributed by atoms with Crippen molar-refractivity contribution in [2.24, 2.45) is 9.98 Å². The van der Waals surface area contributed by atoms with Crippen LogP contribution in [-0.4, -0.2) is 67.4 Å². The van der Waals surface area contributed by atoms with Crippen molar-refractivity contribution in [2.75, 3.05) is 43.9 Å². The number of unbranched alkanes of at least 4 members (excludes halogenated alkanes) is 1. The van der Waals surface area contributed by atoms with Gasteiger partial charge in [0.25, 0.3) is 5.91 Å². The highest BCUT2D eigenvalue weighted by atomic mass is 35.5. The van der Waals surface area contributed by atoms with Crippen molar-refractivity contribution in [3.05, 3.63) is 82.9 Å². The molecule has 1 heterocycles. The number of carbonyl (C=O) groups is 2. The van der Waals surface area contributed by atoms with E-state index in [2.05, 4.69) is 35.5 Å². The molecule has 0 aliphatic carbocycles. The number of benzene rings is 2. The highest BCUT2D eigenvalue weighted by Gasteiger charge is 2.14. The molecular weight excluding hydrogens is 544 g/mol. The summed E-state index contributed by atoms with van der Waals surface area (Å²) in [5.74, 6) is -0.954. The Bertz CT molecular complexity index is 1270. The summed E-state index contributed by atoms with van der Waals surface area (Å²) in [6, 6.07) is 15.8. The highest BCUT2D eigenvalue weighted by Crippen LogP contribution is 2.28. The molecule has 3 rings (SSSR count). The van der Waals surface area contributed by atoms with Crippen LogP contribution in [0.4, 0.5) is 5.69 Å². The van der Waals surface area contributed by atoms with E-state index in [0.29, 0.717) is 56.0 Å². The molecule has 2 N–H and O–H groups in total. The molecule has 0 fully saturated rings. The maximum absolute atomic E-state index is 13.1. The molecule has 2 aromatic carbocycles. The monoisotopic (exact) mass is 580 g/mol. The molecule has 0 saturated carbocycles. The zero-order chi connectivity index (χ0) is 28.7. The van der Waals surface area contributed by atoms with Crippen molar-refractivity contribution in [3.8, 4) is 0 Å². The van der Waals surface area contributed by atoms with Gasteiger partial charge in [-0.15, -0.1) is 11.8 Å². The molecule has 9 heteroatoms. The number of carbonyl (C=O) groups excluding carboxylic acids is 1. The molecule has 1 amide bonds. The lowest BCUT2D eigenvalue weighted by molar-refractivity contribution is -0.137. The van der Waals surface area contributed by atoms with Crippen LogP contribution in [0.25, 0.3) is 0 Å². The number of rotatable bonds is 13. The van der Waals surface area contributed by atoms with Crippen LogP contribution in [0.15, 0.2) is 87.2 Å².